The van der Waals surface area contributed by atoms with E-state index >= 15 is 0 Å². The summed E-state index contributed by atoms with van der Waals surface area (Å²) in [6.07, 6.45) is 0. The van der Waals surface area contributed by atoms with Gasteiger partial charge in [-0.2, -0.15) is 5.26 Å². The first-order chi connectivity index (χ1) is 10.0. The molecular formula is C16H14BrClN2O. The number of nitriles is 1. The third kappa shape index (κ3) is 3.69. The van der Waals surface area contributed by atoms with E-state index in [1.807, 2.05) is 37.3 Å². The molecule has 0 saturated heterocycles. The summed E-state index contributed by atoms with van der Waals surface area (Å²) in [5, 5.41) is 13.2. The highest BCUT2D eigenvalue weighted by molar-refractivity contribution is 9.10. The molecule has 0 aliphatic heterocycles. The third-order valence-corrected chi connectivity index (χ3v) is 4.33. The van der Waals surface area contributed by atoms with Crippen molar-refractivity contribution in [1.82, 2.24) is 0 Å². The van der Waals surface area contributed by atoms with Gasteiger partial charge in [0.05, 0.1) is 18.2 Å². The first kappa shape index (κ1) is 15.7. The maximum atomic E-state index is 9.40. The van der Waals surface area contributed by atoms with E-state index in [2.05, 4.69) is 27.3 Å². The zero-order valence-electron chi connectivity index (χ0n) is 11.7. The minimum atomic E-state index is -0.442. The van der Waals surface area contributed by atoms with E-state index in [4.69, 9.17) is 16.3 Å². The van der Waals surface area contributed by atoms with E-state index in [0.717, 1.165) is 27.0 Å². The van der Waals surface area contributed by atoms with E-state index < -0.39 is 6.04 Å². The van der Waals surface area contributed by atoms with Gasteiger partial charge in [-0.3, -0.25) is 0 Å². The summed E-state index contributed by atoms with van der Waals surface area (Å²) in [5.74, 6) is 0.810. The molecule has 2 rings (SSSR count). The fraction of sp³-hybridized carbons (Fsp3) is 0.188. The summed E-state index contributed by atoms with van der Waals surface area (Å²) in [4.78, 5) is 0. The molecule has 108 valence electrons. The third-order valence-electron chi connectivity index (χ3n) is 3.11. The van der Waals surface area contributed by atoms with Crippen molar-refractivity contribution in [2.75, 3.05) is 12.4 Å². The number of nitrogens with zero attached hydrogens (tertiary/aromatic N) is 1. The second kappa shape index (κ2) is 6.84. The Hall–Kier alpha value is -1.70. The zero-order chi connectivity index (χ0) is 15.4. The predicted octanol–water partition coefficient (Wildman–Crippen LogP) is 5.10. The molecule has 0 saturated carbocycles. The van der Waals surface area contributed by atoms with Crippen LogP contribution in [0.1, 0.15) is 17.2 Å². The van der Waals surface area contributed by atoms with Crippen molar-refractivity contribution < 1.29 is 4.74 Å². The van der Waals surface area contributed by atoms with Crippen molar-refractivity contribution in [3.05, 3.63) is 57.0 Å². The number of hydrogen-bond acceptors (Lipinski definition) is 3. The Morgan fingerprint density at radius 3 is 2.62 bits per heavy atom. The summed E-state index contributed by atoms with van der Waals surface area (Å²) < 4.78 is 6.03. The maximum absolute atomic E-state index is 9.40. The van der Waals surface area contributed by atoms with Crippen LogP contribution in [-0.2, 0) is 0 Å². The van der Waals surface area contributed by atoms with Gasteiger partial charge >= 0.3 is 0 Å². The highest BCUT2D eigenvalue weighted by Gasteiger charge is 2.12. The normalized spacial score (nSPS) is 11.6. The molecule has 1 unspecified atom stereocenters. The molecule has 0 aliphatic rings. The largest absolute Gasteiger partial charge is 0.496 e. The monoisotopic (exact) mass is 364 g/mol. The molecule has 0 radical (unpaired) electrons. The van der Waals surface area contributed by atoms with Crippen molar-refractivity contribution >= 4 is 33.2 Å². The van der Waals surface area contributed by atoms with Crippen LogP contribution >= 0.6 is 27.5 Å². The molecule has 0 aliphatic carbocycles. The van der Waals surface area contributed by atoms with E-state index in [0.29, 0.717) is 5.02 Å². The lowest BCUT2D eigenvalue weighted by atomic mass is 10.0. The number of ether oxygens (including phenoxy) is 1. The first-order valence-corrected chi connectivity index (χ1v) is 7.48. The van der Waals surface area contributed by atoms with Gasteiger partial charge in [0.25, 0.3) is 0 Å². The van der Waals surface area contributed by atoms with E-state index in [1.54, 1.807) is 13.2 Å². The van der Waals surface area contributed by atoms with Gasteiger partial charge in [0.1, 0.15) is 11.8 Å². The minimum absolute atomic E-state index is 0.442. The van der Waals surface area contributed by atoms with Crippen molar-refractivity contribution in [1.29, 1.82) is 5.26 Å². The number of hydrogen-bond donors (Lipinski definition) is 1. The van der Waals surface area contributed by atoms with Crippen LogP contribution in [0.5, 0.6) is 5.75 Å². The van der Waals surface area contributed by atoms with Gasteiger partial charge in [0, 0.05) is 10.2 Å². The molecule has 21 heavy (non-hydrogen) atoms. The molecule has 0 spiro atoms. The first-order valence-electron chi connectivity index (χ1n) is 6.31. The lowest BCUT2D eigenvalue weighted by Crippen LogP contribution is -2.08. The average Bonchev–Trinajstić information content (AvgIpc) is 2.48. The van der Waals surface area contributed by atoms with Crippen molar-refractivity contribution in [3.8, 4) is 11.8 Å². The molecule has 3 nitrogen and oxygen atoms in total. The number of aryl methyl sites for hydroxylation is 1. The van der Waals surface area contributed by atoms with Crippen LogP contribution in [0, 0.1) is 18.3 Å². The van der Waals surface area contributed by atoms with Crippen molar-refractivity contribution in [2.24, 2.45) is 0 Å². The van der Waals surface area contributed by atoms with Gasteiger partial charge < -0.3 is 10.1 Å². The summed E-state index contributed by atoms with van der Waals surface area (Å²) in [6.45, 7) is 1.95. The molecule has 1 N–H and O–H groups in total. The number of anilines is 1. The second-order valence-electron chi connectivity index (χ2n) is 4.56. The molecule has 0 heterocycles. The Morgan fingerprint density at radius 1 is 1.29 bits per heavy atom. The number of halogens is 2. The van der Waals surface area contributed by atoms with Crippen molar-refractivity contribution in [2.45, 2.75) is 13.0 Å². The van der Waals surface area contributed by atoms with Gasteiger partial charge in [-0.1, -0.05) is 17.7 Å². The van der Waals surface area contributed by atoms with E-state index in [1.165, 1.54) is 0 Å². The van der Waals surface area contributed by atoms with Gasteiger partial charge in [0.2, 0.25) is 0 Å². The fourth-order valence-electron chi connectivity index (χ4n) is 2.02. The number of methoxy groups -OCH3 is 1. The van der Waals surface area contributed by atoms with Gasteiger partial charge in [-0.15, -0.1) is 0 Å². The molecule has 2 aromatic rings. The van der Waals surface area contributed by atoms with Crippen molar-refractivity contribution in [3.63, 3.8) is 0 Å². The Balaban J connectivity index is 2.26. The highest BCUT2D eigenvalue weighted by atomic mass is 79.9. The lowest BCUT2D eigenvalue weighted by molar-refractivity contribution is 0.411. The van der Waals surface area contributed by atoms with Gasteiger partial charge in [-0.05, 0) is 64.3 Å². The topological polar surface area (TPSA) is 45.0 Å². The van der Waals surface area contributed by atoms with Gasteiger partial charge in [0.15, 0.2) is 0 Å². The summed E-state index contributed by atoms with van der Waals surface area (Å²) in [6, 6.07) is 13.0. The van der Waals surface area contributed by atoms with Crippen LogP contribution in [0.4, 0.5) is 5.69 Å². The Labute approximate surface area is 137 Å². The quantitative estimate of drug-likeness (QED) is 0.820. The molecule has 0 aromatic heterocycles. The molecule has 5 heteroatoms. The van der Waals surface area contributed by atoms with Crippen LogP contribution in [-0.4, -0.2) is 7.11 Å². The maximum Gasteiger partial charge on any atom is 0.140 e. The summed E-state index contributed by atoms with van der Waals surface area (Å²) >= 11 is 9.34. The Kier molecular flexibility index (Phi) is 5.11. The Bertz CT molecular complexity index is 697. The summed E-state index contributed by atoms with van der Waals surface area (Å²) in [7, 11) is 1.63. The second-order valence-corrected chi connectivity index (χ2v) is 5.83. The zero-order valence-corrected chi connectivity index (χ0v) is 14.0. The molecule has 0 amide bonds. The highest BCUT2D eigenvalue weighted by Crippen LogP contribution is 2.29. The number of benzene rings is 2. The number of nitrogens with one attached hydrogen (secondary N) is 1. The van der Waals surface area contributed by atoms with Crippen LogP contribution < -0.4 is 10.1 Å². The molecular weight excluding hydrogens is 352 g/mol. The smallest absolute Gasteiger partial charge is 0.140 e. The Morgan fingerprint density at radius 2 is 2.05 bits per heavy atom. The fourth-order valence-corrected chi connectivity index (χ4v) is 2.52. The van der Waals surface area contributed by atoms with Gasteiger partial charge in [-0.25, -0.2) is 0 Å². The molecule has 0 fully saturated rings. The van der Waals surface area contributed by atoms with Crippen LogP contribution in [0.3, 0.4) is 0 Å². The minimum Gasteiger partial charge on any atom is -0.496 e. The predicted molar refractivity (Wildman–Crippen MR) is 88.9 cm³/mol. The SMILES string of the molecule is COc1ccc(C(C#N)Nc2ccc(Cl)c(Br)c2)cc1C. The van der Waals surface area contributed by atoms with E-state index in [9.17, 15) is 5.26 Å². The molecule has 1 atom stereocenters. The number of rotatable bonds is 4. The van der Waals surface area contributed by atoms with Crippen LogP contribution in [0.15, 0.2) is 40.9 Å². The van der Waals surface area contributed by atoms with Crippen LogP contribution in [0.2, 0.25) is 5.02 Å². The lowest BCUT2D eigenvalue weighted by Gasteiger charge is -2.15. The standard InChI is InChI=1S/C16H14BrClN2O/c1-10-7-11(3-6-16(10)21-2)15(9-19)20-12-4-5-14(18)13(17)8-12/h3-8,15,20H,1-2H3. The van der Waals surface area contributed by atoms with E-state index in [-0.39, 0.29) is 0 Å². The molecule has 2 aromatic carbocycles. The van der Waals surface area contributed by atoms with Crippen LogP contribution in [0.25, 0.3) is 0 Å². The summed E-state index contributed by atoms with van der Waals surface area (Å²) in [5.41, 5.74) is 2.71. The average molecular weight is 366 g/mol. The molecule has 0 bridgehead atoms.